The maximum atomic E-state index is 11.7. The van der Waals surface area contributed by atoms with Crippen molar-refractivity contribution >= 4 is 17.7 Å². The van der Waals surface area contributed by atoms with Crippen molar-refractivity contribution in [3.05, 3.63) is 0 Å². The zero-order chi connectivity index (χ0) is 11.7. The molecule has 0 rings (SSSR count). The standard InChI is InChI=1S/C8H15F3N2OS/c1-2-3-12-4-5-13-7(14)6-15-8(9,10)11/h12H,2-6H2,1H3,(H,13,14). The molecule has 0 unspecified atom stereocenters. The minimum absolute atomic E-state index is 0.322. The fourth-order valence-electron chi connectivity index (χ4n) is 0.790. The van der Waals surface area contributed by atoms with Crippen molar-refractivity contribution in [1.29, 1.82) is 0 Å². The van der Waals surface area contributed by atoms with Gasteiger partial charge < -0.3 is 10.6 Å². The number of carbonyl (C=O) groups is 1. The maximum absolute atomic E-state index is 11.7. The van der Waals surface area contributed by atoms with Crippen LogP contribution in [-0.4, -0.2) is 36.8 Å². The lowest BCUT2D eigenvalue weighted by Crippen LogP contribution is -2.33. The van der Waals surface area contributed by atoms with Crippen molar-refractivity contribution in [2.45, 2.75) is 18.9 Å². The first-order valence-corrected chi connectivity index (χ1v) is 5.62. The molecular weight excluding hydrogens is 229 g/mol. The van der Waals surface area contributed by atoms with Gasteiger partial charge in [-0.3, -0.25) is 4.79 Å². The first kappa shape index (κ1) is 14.6. The molecule has 0 aliphatic rings. The Balaban J connectivity index is 3.34. The van der Waals surface area contributed by atoms with E-state index in [0.717, 1.165) is 13.0 Å². The average molecular weight is 244 g/mol. The van der Waals surface area contributed by atoms with Crippen LogP contribution < -0.4 is 10.6 Å². The van der Waals surface area contributed by atoms with Crippen molar-refractivity contribution in [3.63, 3.8) is 0 Å². The zero-order valence-corrected chi connectivity index (χ0v) is 9.30. The van der Waals surface area contributed by atoms with E-state index in [1.165, 1.54) is 0 Å². The van der Waals surface area contributed by atoms with E-state index in [4.69, 9.17) is 0 Å². The van der Waals surface area contributed by atoms with Crippen LogP contribution in [0.4, 0.5) is 13.2 Å². The molecule has 0 aliphatic heterocycles. The smallest absolute Gasteiger partial charge is 0.354 e. The minimum atomic E-state index is -4.34. The quantitative estimate of drug-likeness (QED) is 0.664. The Morgan fingerprint density at radius 1 is 1.27 bits per heavy atom. The summed E-state index contributed by atoms with van der Waals surface area (Å²) < 4.78 is 35.0. The summed E-state index contributed by atoms with van der Waals surface area (Å²) in [6.07, 6.45) is 0.984. The van der Waals surface area contributed by atoms with Gasteiger partial charge in [-0.05, 0) is 24.7 Å². The molecule has 0 bridgehead atoms. The van der Waals surface area contributed by atoms with Gasteiger partial charge in [0.15, 0.2) is 0 Å². The molecule has 3 nitrogen and oxygen atoms in total. The van der Waals surface area contributed by atoms with Crippen LogP contribution in [0.3, 0.4) is 0 Å². The molecule has 0 aliphatic carbocycles. The predicted molar refractivity (Wildman–Crippen MR) is 54.7 cm³/mol. The van der Waals surface area contributed by atoms with E-state index in [0.29, 0.717) is 13.1 Å². The van der Waals surface area contributed by atoms with Gasteiger partial charge in [0.25, 0.3) is 0 Å². The van der Waals surface area contributed by atoms with Crippen LogP contribution in [0.25, 0.3) is 0 Å². The van der Waals surface area contributed by atoms with Gasteiger partial charge in [-0.1, -0.05) is 6.92 Å². The van der Waals surface area contributed by atoms with Crippen LogP contribution in [0.2, 0.25) is 0 Å². The Hall–Kier alpha value is -0.430. The summed E-state index contributed by atoms with van der Waals surface area (Å²) >= 11 is -0.322. The van der Waals surface area contributed by atoms with E-state index in [1.807, 2.05) is 6.92 Å². The van der Waals surface area contributed by atoms with Gasteiger partial charge in [0.1, 0.15) is 0 Å². The summed E-state index contributed by atoms with van der Waals surface area (Å²) in [5, 5.41) is 5.41. The molecule has 0 atom stereocenters. The largest absolute Gasteiger partial charge is 0.442 e. The Morgan fingerprint density at radius 2 is 1.93 bits per heavy atom. The summed E-state index contributed by atoms with van der Waals surface area (Å²) in [5.41, 5.74) is -4.34. The highest BCUT2D eigenvalue weighted by molar-refractivity contribution is 8.00. The first-order chi connectivity index (χ1) is 6.95. The topological polar surface area (TPSA) is 41.1 Å². The number of amides is 1. The number of hydrogen-bond donors (Lipinski definition) is 2. The van der Waals surface area contributed by atoms with Crippen molar-refractivity contribution in [2.24, 2.45) is 0 Å². The number of hydrogen-bond acceptors (Lipinski definition) is 3. The summed E-state index contributed by atoms with van der Waals surface area (Å²) in [4.78, 5) is 10.9. The monoisotopic (exact) mass is 244 g/mol. The fraction of sp³-hybridized carbons (Fsp3) is 0.875. The van der Waals surface area contributed by atoms with Gasteiger partial charge in [-0.15, -0.1) is 0 Å². The molecule has 0 radical (unpaired) electrons. The molecule has 0 heterocycles. The number of alkyl halides is 3. The lowest BCUT2D eigenvalue weighted by molar-refractivity contribution is -0.118. The van der Waals surface area contributed by atoms with E-state index in [9.17, 15) is 18.0 Å². The molecule has 15 heavy (non-hydrogen) atoms. The van der Waals surface area contributed by atoms with E-state index in [2.05, 4.69) is 10.6 Å². The van der Waals surface area contributed by atoms with Crippen molar-refractivity contribution in [2.75, 3.05) is 25.4 Å². The fourth-order valence-corrected chi connectivity index (χ4v) is 1.19. The Labute approximate surface area is 91.2 Å². The van der Waals surface area contributed by atoms with E-state index in [1.54, 1.807) is 0 Å². The SMILES string of the molecule is CCCNCCNC(=O)CSC(F)(F)F. The van der Waals surface area contributed by atoms with Gasteiger partial charge in [0.05, 0.1) is 5.75 Å². The van der Waals surface area contributed by atoms with E-state index < -0.39 is 17.2 Å². The second kappa shape index (κ2) is 7.81. The normalized spacial score (nSPS) is 11.5. The van der Waals surface area contributed by atoms with E-state index in [-0.39, 0.29) is 11.8 Å². The molecule has 0 aromatic carbocycles. The summed E-state index contributed by atoms with van der Waals surface area (Å²) in [6.45, 7) is 3.78. The van der Waals surface area contributed by atoms with Crippen LogP contribution in [0.1, 0.15) is 13.3 Å². The van der Waals surface area contributed by atoms with Gasteiger partial charge >= 0.3 is 5.51 Å². The number of halogens is 3. The molecule has 7 heteroatoms. The Kier molecular flexibility index (Phi) is 7.59. The van der Waals surface area contributed by atoms with Crippen LogP contribution in [-0.2, 0) is 4.79 Å². The first-order valence-electron chi connectivity index (χ1n) is 4.64. The third kappa shape index (κ3) is 11.5. The number of carbonyl (C=O) groups excluding carboxylic acids is 1. The third-order valence-corrected chi connectivity index (χ3v) is 2.15. The lowest BCUT2D eigenvalue weighted by Gasteiger charge is -2.07. The summed E-state index contributed by atoms with van der Waals surface area (Å²) in [5.74, 6) is -1.16. The number of rotatable bonds is 7. The minimum Gasteiger partial charge on any atom is -0.354 e. The molecular formula is C8H15F3N2OS. The maximum Gasteiger partial charge on any atom is 0.442 e. The third-order valence-electron chi connectivity index (χ3n) is 1.42. The molecule has 0 saturated heterocycles. The summed E-state index contributed by atoms with van der Waals surface area (Å²) in [6, 6.07) is 0. The highest BCUT2D eigenvalue weighted by Crippen LogP contribution is 2.29. The molecule has 0 aromatic heterocycles. The van der Waals surface area contributed by atoms with E-state index >= 15 is 0 Å². The molecule has 1 amide bonds. The second-order valence-corrected chi connectivity index (χ2v) is 3.87. The lowest BCUT2D eigenvalue weighted by atomic mass is 10.4. The van der Waals surface area contributed by atoms with Gasteiger partial charge in [-0.2, -0.15) is 13.2 Å². The molecule has 2 N–H and O–H groups in total. The van der Waals surface area contributed by atoms with Gasteiger partial charge in [0.2, 0.25) is 5.91 Å². The van der Waals surface area contributed by atoms with Crippen LogP contribution in [0.5, 0.6) is 0 Å². The predicted octanol–water partition coefficient (Wildman–Crippen LogP) is 1.36. The molecule has 90 valence electrons. The van der Waals surface area contributed by atoms with Gasteiger partial charge in [-0.25, -0.2) is 0 Å². The van der Waals surface area contributed by atoms with Crippen molar-refractivity contribution in [1.82, 2.24) is 10.6 Å². The molecule has 0 aromatic rings. The van der Waals surface area contributed by atoms with Crippen LogP contribution in [0.15, 0.2) is 0 Å². The highest BCUT2D eigenvalue weighted by atomic mass is 32.2. The van der Waals surface area contributed by atoms with Crippen LogP contribution in [0, 0.1) is 0 Å². The molecule has 0 saturated carbocycles. The number of thioether (sulfide) groups is 1. The van der Waals surface area contributed by atoms with Crippen LogP contribution >= 0.6 is 11.8 Å². The van der Waals surface area contributed by atoms with Gasteiger partial charge in [0, 0.05) is 13.1 Å². The molecule has 0 spiro atoms. The Morgan fingerprint density at radius 3 is 2.47 bits per heavy atom. The Bertz CT molecular complexity index is 187. The summed E-state index contributed by atoms with van der Waals surface area (Å²) in [7, 11) is 0. The second-order valence-electron chi connectivity index (χ2n) is 2.83. The van der Waals surface area contributed by atoms with Crippen molar-refractivity contribution < 1.29 is 18.0 Å². The zero-order valence-electron chi connectivity index (χ0n) is 8.49. The molecule has 0 fully saturated rings. The average Bonchev–Trinajstić information content (AvgIpc) is 2.13. The van der Waals surface area contributed by atoms with Crippen molar-refractivity contribution in [3.8, 4) is 0 Å². The number of nitrogens with one attached hydrogen (secondary N) is 2. The highest BCUT2D eigenvalue weighted by Gasteiger charge is 2.28.